The van der Waals surface area contributed by atoms with Gasteiger partial charge in [0, 0.05) is 10.6 Å². The van der Waals surface area contributed by atoms with E-state index in [0.717, 1.165) is 16.3 Å². The number of hydrogen-bond acceptors (Lipinski definition) is 4. The first-order chi connectivity index (χ1) is 9.35. The number of anilines is 1. The number of aromatic nitrogens is 1. The lowest BCUT2D eigenvalue weighted by molar-refractivity contribution is -0.274. The second kappa shape index (κ2) is 5.70. The summed E-state index contributed by atoms with van der Waals surface area (Å²) in [6, 6.07) is 5.70. The van der Waals surface area contributed by atoms with Crippen LogP contribution in [0.3, 0.4) is 0 Å². The third-order valence-corrected chi connectivity index (χ3v) is 3.76. The molecule has 0 aliphatic rings. The van der Waals surface area contributed by atoms with E-state index in [4.69, 9.17) is 0 Å². The van der Waals surface area contributed by atoms with Crippen LogP contribution in [0, 0.1) is 6.92 Å². The van der Waals surface area contributed by atoms with Crippen molar-refractivity contribution in [1.82, 2.24) is 4.98 Å². The maximum atomic E-state index is 12.0. The minimum Gasteiger partial charge on any atom is -0.406 e. The summed E-state index contributed by atoms with van der Waals surface area (Å²) in [4.78, 5) is 5.27. The first kappa shape index (κ1) is 14.6. The minimum absolute atomic E-state index is 0.0388. The fourth-order valence-electron chi connectivity index (χ4n) is 1.79. The first-order valence-electron chi connectivity index (χ1n) is 5.87. The van der Waals surface area contributed by atoms with E-state index in [1.807, 2.05) is 13.8 Å². The van der Waals surface area contributed by atoms with Crippen LogP contribution in [0.2, 0.25) is 0 Å². The van der Waals surface area contributed by atoms with Crippen molar-refractivity contribution in [2.24, 2.45) is 0 Å². The summed E-state index contributed by atoms with van der Waals surface area (Å²) in [6.07, 6.45) is -4.66. The third kappa shape index (κ3) is 3.86. The fourth-order valence-corrected chi connectivity index (χ4v) is 2.61. The van der Waals surface area contributed by atoms with Crippen molar-refractivity contribution in [1.29, 1.82) is 0 Å². The molecule has 20 heavy (non-hydrogen) atoms. The van der Waals surface area contributed by atoms with E-state index in [1.54, 1.807) is 29.0 Å². The lowest BCUT2D eigenvalue weighted by Crippen LogP contribution is -2.17. The molecule has 1 heterocycles. The summed E-state index contributed by atoms with van der Waals surface area (Å²) in [7, 11) is 0. The number of rotatable bonds is 4. The Hall–Kier alpha value is -1.76. The SMILES string of the molecule is Cc1ncsc1C(C)Nc1ccc(OC(F)(F)F)cc1. The average molecular weight is 302 g/mol. The monoisotopic (exact) mass is 302 g/mol. The second-order valence-corrected chi connectivity index (χ2v) is 5.13. The minimum atomic E-state index is -4.66. The Morgan fingerprint density at radius 1 is 1.25 bits per heavy atom. The fraction of sp³-hybridized carbons (Fsp3) is 0.308. The average Bonchev–Trinajstić information content (AvgIpc) is 2.76. The number of alkyl halides is 3. The van der Waals surface area contributed by atoms with Gasteiger partial charge in [-0.05, 0) is 38.1 Å². The van der Waals surface area contributed by atoms with Gasteiger partial charge < -0.3 is 10.1 Å². The summed E-state index contributed by atoms with van der Waals surface area (Å²) < 4.78 is 39.9. The Bertz CT molecular complexity index is 566. The van der Waals surface area contributed by atoms with Crippen LogP contribution < -0.4 is 10.1 Å². The normalized spacial score (nSPS) is 13.1. The van der Waals surface area contributed by atoms with E-state index in [-0.39, 0.29) is 11.8 Å². The highest BCUT2D eigenvalue weighted by atomic mass is 32.1. The molecule has 1 atom stereocenters. The quantitative estimate of drug-likeness (QED) is 0.901. The van der Waals surface area contributed by atoms with Crippen LogP contribution in [0.5, 0.6) is 5.75 Å². The van der Waals surface area contributed by atoms with Crippen LogP contribution in [0.25, 0.3) is 0 Å². The standard InChI is InChI=1S/C13H13F3N2OS/c1-8-12(20-7-17-8)9(2)18-10-3-5-11(6-4-10)19-13(14,15)16/h3-7,9,18H,1-2H3. The highest BCUT2D eigenvalue weighted by Gasteiger charge is 2.30. The molecule has 1 aromatic carbocycles. The van der Waals surface area contributed by atoms with Gasteiger partial charge in [0.25, 0.3) is 0 Å². The lowest BCUT2D eigenvalue weighted by Gasteiger charge is -2.15. The van der Waals surface area contributed by atoms with Gasteiger partial charge >= 0.3 is 6.36 Å². The molecule has 0 amide bonds. The smallest absolute Gasteiger partial charge is 0.406 e. The molecule has 1 N–H and O–H groups in total. The van der Waals surface area contributed by atoms with E-state index in [0.29, 0.717) is 0 Å². The summed E-state index contributed by atoms with van der Waals surface area (Å²) >= 11 is 1.54. The van der Waals surface area contributed by atoms with Gasteiger partial charge in [0.05, 0.1) is 17.2 Å². The molecule has 0 aliphatic heterocycles. The number of thiazole rings is 1. The highest BCUT2D eigenvalue weighted by molar-refractivity contribution is 7.09. The maximum absolute atomic E-state index is 12.0. The molecule has 0 saturated heterocycles. The van der Waals surface area contributed by atoms with E-state index in [1.165, 1.54) is 12.1 Å². The molecule has 108 valence electrons. The highest BCUT2D eigenvalue weighted by Crippen LogP contribution is 2.27. The van der Waals surface area contributed by atoms with Crippen LogP contribution in [0.4, 0.5) is 18.9 Å². The van der Waals surface area contributed by atoms with Crippen LogP contribution in [-0.4, -0.2) is 11.3 Å². The van der Waals surface area contributed by atoms with E-state index < -0.39 is 6.36 Å². The van der Waals surface area contributed by atoms with E-state index in [2.05, 4.69) is 15.0 Å². The predicted octanol–water partition coefficient (Wildman–Crippen LogP) is 4.52. The van der Waals surface area contributed by atoms with Gasteiger partial charge in [-0.1, -0.05) is 0 Å². The number of aryl methyl sites for hydroxylation is 1. The Morgan fingerprint density at radius 2 is 1.90 bits per heavy atom. The molecule has 0 aliphatic carbocycles. The largest absolute Gasteiger partial charge is 0.573 e. The first-order valence-corrected chi connectivity index (χ1v) is 6.75. The molecule has 7 heteroatoms. The van der Waals surface area contributed by atoms with Crippen molar-refractivity contribution in [3.63, 3.8) is 0 Å². The summed E-state index contributed by atoms with van der Waals surface area (Å²) in [5.41, 5.74) is 3.44. The molecule has 0 bridgehead atoms. The number of halogens is 3. The van der Waals surface area contributed by atoms with Crippen molar-refractivity contribution in [3.05, 3.63) is 40.3 Å². The van der Waals surface area contributed by atoms with Crippen molar-refractivity contribution < 1.29 is 17.9 Å². The Labute approximate surface area is 118 Å². The third-order valence-electron chi connectivity index (χ3n) is 2.65. The summed E-state index contributed by atoms with van der Waals surface area (Å²) in [6.45, 7) is 3.89. The molecule has 1 aromatic heterocycles. The molecule has 3 nitrogen and oxygen atoms in total. The number of benzene rings is 1. The van der Waals surface area contributed by atoms with Crippen molar-refractivity contribution >= 4 is 17.0 Å². The molecule has 0 spiro atoms. The van der Waals surface area contributed by atoms with Crippen molar-refractivity contribution in [3.8, 4) is 5.75 Å². The second-order valence-electron chi connectivity index (χ2n) is 4.24. The molecule has 2 rings (SSSR count). The Kier molecular flexibility index (Phi) is 4.17. The zero-order valence-electron chi connectivity index (χ0n) is 10.9. The van der Waals surface area contributed by atoms with Crippen molar-refractivity contribution in [2.45, 2.75) is 26.3 Å². The van der Waals surface area contributed by atoms with Gasteiger partial charge in [-0.3, -0.25) is 0 Å². The molecule has 1 unspecified atom stereocenters. The van der Waals surface area contributed by atoms with Gasteiger partial charge in [0.1, 0.15) is 5.75 Å². The molecular formula is C13H13F3N2OS. The molecular weight excluding hydrogens is 289 g/mol. The molecule has 2 aromatic rings. The van der Waals surface area contributed by atoms with Crippen molar-refractivity contribution in [2.75, 3.05) is 5.32 Å². The Morgan fingerprint density at radius 3 is 2.40 bits per heavy atom. The van der Waals surface area contributed by atoms with Gasteiger partial charge in [-0.15, -0.1) is 24.5 Å². The van der Waals surface area contributed by atoms with Gasteiger partial charge in [-0.2, -0.15) is 0 Å². The molecule has 0 radical (unpaired) electrons. The van der Waals surface area contributed by atoms with Crippen LogP contribution in [-0.2, 0) is 0 Å². The topological polar surface area (TPSA) is 34.2 Å². The lowest BCUT2D eigenvalue weighted by atomic mass is 10.2. The van der Waals surface area contributed by atoms with Crippen LogP contribution in [0.1, 0.15) is 23.5 Å². The van der Waals surface area contributed by atoms with Crippen LogP contribution >= 0.6 is 11.3 Å². The number of nitrogens with zero attached hydrogens (tertiary/aromatic N) is 1. The number of nitrogens with one attached hydrogen (secondary N) is 1. The number of ether oxygens (including phenoxy) is 1. The zero-order valence-corrected chi connectivity index (χ0v) is 11.7. The number of hydrogen-bond donors (Lipinski definition) is 1. The van der Waals surface area contributed by atoms with E-state index in [9.17, 15) is 13.2 Å². The Balaban J connectivity index is 2.02. The van der Waals surface area contributed by atoms with Gasteiger partial charge in [0.2, 0.25) is 0 Å². The molecule has 0 saturated carbocycles. The van der Waals surface area contributed by atoms with E-state index >= 15 is 0 Å². The van der Waals surface area contributed by atoms with Crippen LogP contribution in [0.15, 0.2) is 29.8 Å². The summed E-state index contributed by atoms with van der Waals surface area (Å²) in [5, 5.41) is 3.21. The maximum Gasteiger partial charge on any atom is 0.573 e. The van der Waals surface area contributed by atoms with Gasteiger partial charge in [-0.25, -0.2) is 4.98 Å². The predicted molar refractivity (Wildman–Crippen MR) is 72.0 cm³/mol. The van der Waals surface area contributed by atoms with Gasteiger partial charge in [0.15, 0.2) is 0 Å². The summed E-state index contributed by atoms with van der Waals surface area (Å²) in [5.74, 6) is -0.232. The zero-order chi connectivity index (χ0) is 14.8. The molecule has 0 fully saturated rings.